The topological polar surface area (TPSA) is 72.8 Å². The molecule has 0 spiro atoms. The van der Waals surface area contributed by atoms with E-state index >= 15 is 0 Å². The van der Waals surface area contributed by atoms with Crippen molar-refractivity contribution in [1.29, 1.82) is 0 Å². The Morgan fingerprint density at radius 3 is 2.64 bits per heavy atom. The summed E-state index contributed by atoms with van der Waals surface area (Å²) < 4.78 is 10.8. The van der Waals surface area contributed by atoms with E-state index in [9.17, 15) is 14.7 Å². The summed E-state index contributed by atoms with van der Waals surface area (Å²) in [6, 6.07) is 11.3. The molecule has 3 rings (SSSR count). The average molecular weight is 298 g/mol. The third-order valence-electron chi connectivity index (χ3n) is 3.42. The van der Waals surface area contributed by atoms with Crippen molar-refractivity contribution in [1.82, 2.24) is 0 Å². The van der Waals surface area contributed by atoms with Gasteiger partial charge in [0.1, 0.15) is 23.4 Å². The second-order valence-electron chi connectivity index (χ2n) is 5.08. The minimum absolute atomic E-state index is 0.0321. The second-order valence-corrected chi connectivity index (χ2v) is 5.08. The summed E-state index contributed by atoms with van der Waals surface area (Å²) in [4.78, 5) is 23.1. The maximum atomic E-state index is 12.2. The van der Waals surface area contributed by atoms with Crippen LogP contribution >= 0.6 is 0 Å². The highest BCUT2D eigenvalue weighted by atomic mass is 16.5. The number of phenolic OH excluding ortho intramolecular Hbond substituents is 1. The molecule has 22 heavy (non-hydrogen) atoms. The molecule has 5 nitrogen and oxygen atoms in total. The SMILES string of the molecule is CC(=O)Oc1ccc(C2CC(=O)c3ccc(O)cc3O2)cc1. The van der Waals surface area contributed by atoms with Gasteiger partial charge in [-0.3, -0.25) is 9.59 Å². The van der Waals surface area contributed by atoms with E-state index in [1.165, 1.54) is 19.1 Å². The largest absolute Gasteiger partial charge is 0.508 e. The Bertz CT molecular complexity index is 733. The quantitative estimate of drug-likeness (QED) is 0.681. The molecule has 0 radical (unpaired) electrons. The average Bonchev–Trinajstić information content (AvgIpc) is 2.46. The molecule has 0 amide bonds. The lowest BCUT2D eigenvalue weighted by Crippen LogP contribution is -2.20. The second kappa shape index (κ2) is 5.52. The van der Waals surface area contributed by atoms with Crippen molar-refractivity contribution in [2.24, 2.45) is 0 Å². The number of phenols is 1. The number of aromatic hydroxyl groups is 1. The molecule has 0 saturated carbocycles. The summed E-state index contributed by atoms with van der Waals surface area (Å²) >= 11 is 0. The van der Waals surface area contributed by atoms with Gasteiger partial charge in [-0.2, -0.15) is 0 Å². The first-order valence-electron chi connectivity index (χ1n) is 6.84. The summed E-state index contributed by atoms with van der Waals surface area (Å²) in [6.45, 7) is 1.33. The minimum atomic E-state index is -0.423. The summed E-state index contributed by atoms with van der Waals surface area (Å²) in [5.41, 5.74) is 1.28. The van der Waals surface area contributed by atoms with Crippen molar-refractivity contribution in [2.45, 2.75) is 19.4 Å². The van der Waals surface area contributed by atoms with Gasteiger partial charge in [-0.1, -0.05) is 12.1 Å². The van der Waals surface area contributed by atoms with Gasteiger partial charge in [-0.25, -0.2) is 0 Å². The van der Waals surface area contributed by atoms with Crippen molar-refractivity contribution < 1.29 is 24.2 Å². The van der Waals surface area contributed by atoms with Crippen LogP contribution in [0.1, 0.15) is 35.4 Å². The molecule has 0 saturated heterocycles. The molecule has 1 unspecified atom stereocenters. The van der Waals surface area contributed by atoms with Crippen LogP contribution in [-0.2, 0) is 4.79 Å². The summed E-state index contributed by atoms with van der Waals surface area (Å²) in [6.07, 6.45) is -0.196. The van der Waals surface area contributed by atoms with E-state index in [2.05, 4.69) is 0 Å². The molecule has 112 valence electrons. The molecule has 1 atom stereocenters. The Morgan fingerprint density at radius 2 is 1.95 bits per heavy atom. The van der Waals surface area contributed by atoms with Crippen molar-refractivity contribution in [3.8, 4) is 17.2 Å². The Morgan fingerprint density at radius 1 is 1.23 bits per heavy atom. The molecule has 2 aromatic rings. The van der Waals surface area contributed by atoms with E-state index in [0.29, 0.717) is 17.1 Å². The van der Waals surface area contributed by atoms with Crippen molar-refractivity contribution in [2.75, 3.05) is 0 Å². The smallest absolute Gasteiger partial charge is 0.308 e. The fourth-order valence-electron chi connectivity index (χ4n) is 2.41. The number of rotatable bonds is 2. The number of carbonyl (C=O) groups excluding carboxylic acids is 2. The van der Waals surface area contributed by atoms with Gasteiger partial charge in [0.05, 0.1) is 12.0 Å². The number of esters is 1. The van der Waals surface area contributed by atoms with Crippen molar-refractivity contribution in [3.63, 3.8) is 0 Å². The standard InChI is InChI=1S/C17H14O5/c1-10(18)21-13-5-2-11(3-6-13)16-9-15(20)14-7-4-12(19)8-17(14)22-16/h2-8,16,19H,9H2,1H3. The van der Waals surface area contributed by atoms with Crippen LogP contribution in [0.15, 0.2) is 42.5 Å². The Balaban J connectivity index is 1.84. The van der Waals surface area contributed by atoms with Crippen LogP contribution in [0.5, 0.6) is 17.2 Å². The Hall–Kier alpha value is -2.82. The van der Waals surface area contributed by atoms with Crippen LogP contribution in [0.25, 0.3) is 0 Å². The number of benzene rings is 2. The monoisotopic (exact) mass is 298 g/mol. The third kappa shape index (κ3) is 2.79. The van der Waals surface area contributed by atoms with Gasteiger partial charge in [-0.15, -0.1) is 0 Å². The van der Waals surface area contributed by atoms with Crippen LogP contribution in [0, 0.1) is 0 Å². The lowest BCUT2D eigenvalue weighted by atomic mass is 9.96. The molecular weight excluding hydrogens is 284 g/mol. The van der Waals surface area contributed by atoms with E-state index in [0.717, 1.165) is 5.56 Å². The van der Waals surface area contributed by atoms with Crippen molar-refractivity contribution in [3.05, 3.63) is 53.6 Å². The fraction of sp³-hybridized carbons (Fsp3) is 0.176. The van der Waals surface area contributed by atoms with Gasteiger partial charge >= 0.3 is 5.97 Å². The summed E-state index contributed by atoms with van der Waals surface area (Å²) in [5.74, 6) is 0.454. The lowest BCUT2D eigenvalue weighted by molar-refractivity contribution is -0.131. The molecule has 1 aliphatic heterocycles. The highest BCUT2D eigenvalue weighted by Gasteiger charge is 2.27. The summed E-state index contributed by atoms with van der Waals surface area (Å²) in [7, 11) is 0. The molecule has 0 bridgehead atoms. The van der Waals surface area contributed by atoms with E-state index in [-0.39, 0.29) is 23.9 Å². The molecule has 5 heteroatoms. The molecule has 2 aromatic carbocycles. The highest BCUT2D eigenvalue weighted by molar-refractivity contribution is 6.00. The zero-order valence-electron chi connectivity index (χ0n) is 11.9. The van der Waals surface area contributed by atoms with Gasteiger partial charge in [-0.05, 0) is 29.8 Å². The molecule has 1 aliphatic rings. The van der Waals surface area contributed by atoms with Crippen LogP contribution in [0.4, 0.5) is 0 Å². The van der Waals surface area contributed by atoms with Gasteiger partial charge in [0.25, 0.3) is 0 Å². The number of fused-ring (bicyclic) bond motifs is 1. The molecule has 0 fully saturated rings. The first-order chi connectivity index (χ1) is 10.5. The summed E-state index contributed by atoms with van der Waals surface area (Å²) in [5, 5.41) is 9.51. The van der Waals surface area contributed by atoms with Crippen LogP contribution in [0.2, 0.25) is 0 Å². The first-order valence-corrected chi connectivity index (χ1v) is 6.84. The number of hydrogen-bond acceptors (Lipinski definition) is 5. The number of ether oxygens (including phenoxy) is 2. The zero-order chi connectivity index (χ0) is 15.7. The Kier molecular flexibility index (Phi) is 3.55. The molecule has 1 heterocycles. The maximum absolute atomic E-state index is 12.2. The van der Waals surface area contributed by atoms with E-state index < -0.39 is 6.10 Å². The van der Waals surface area contributed by atoms with Gasteiger partial charge < -0.3 is 14.6 Å². The molecule has 0 aromatic heterocycles. The highest BCUT2D eigenvalue weighted by Crippen LogP contribution is 2.37. The normalized spacial score (nSPS) is 16.6. The number of Topliss-reactive ketones (excluding diaryl/α,β-unsaturated/α-hetero) is 1. The number of carbonyl (C=O) groups is 2. The minimum Gasteiger partial charge on any atom is -0.508 e. The van der Waals surface area contributed by atoms with Crippen LogP contribution < -0.4 is 9.47 Å². The Labute approximate surface area is 127 Å². The molecule has 1 N–H and O–H groups in total. The predicted molar refractivity (Wildman–Crippen MR) is 78.2 cm³/mol. The van der Waals surface area contributed by atoms with Crippen LogP contribution in [-0.4, -0.2) is 16.9 Å². The number of hydrogen-bond donors (Lipinski definition) is 1. The fourth-order valence-corrected chi connectivity index (χ4v) is 2.41. The van der Waals surface area contributed by atoms with E-state index in [4.69, 9.17) is 9.47 Å². The third-order valence-corrected chi connectivity index (χ3v) is 3.42. The van der Waals surface area contributed by atoms with Crippen LogP contribution in [0.3, 0.4) is 0 Å². The van der Waals surface area contributed by atoms with Gasteiger partial charge in [0.15, 0.2) is 5.78 Å². The first kappa shape index (κ1) is 14.1. The molecular formula is C17H14O5. The zero-order valence-corrected chi connectivity index (χ0v) is 11.9. The van der Waals surface area contributed by atoms with E-state index in [1.807, 2.05) is 0 Å². The predicted octanol–water partition coefficient (Wildman–Crippen LogP) is 3.02. The lowest BCUT2D eigenvalue weighted by Gasteiger charge is -2.25. The number of ketones is 1. The molecule has 0 aliphatic carbocycles. The van der Waals surface area contributed by atoms with Gasteiger partial charge in [0, 0.05) is 13.0 Å². The van der Waals surface area contributed by atoms with Crippen molar-refractivity contribution >= 4 is 11.8 Å². The van der Waals surface area contributed by atoms with Gasteiger partial charge in [0.2, 0.25) is 0 Å². The van der Waals surface area contributed by atoms with E-state index in [1.54, 1.807) is 30.3 Å². The maximum Gasteiger partial charge on any atom is 0.308 e.